The summed E-state index contributed by atoms with van der Waals surface area (Å²) in [7, 11) is 0. The number of aromatic nitrogens is 2. The van der Waals surface area contributed by atoms with Gasteiger partial charge in [-0.2, -0.15) is 4.57 Å². The van der Waals surface area contributed by atoms with Crippen LogP contribution in [0.15, 0.2) is 23.8 Å². The summed E-state index contributed by atoms with van der Waals surface area (Å²) in [5, 5.41) is 8.95. The first-order valence-electron chi connectivity index (χ1n) is 5.48. The normalized spacial score (nSPS) is 10.1. The molecule has 0 saturated heterocycles. The molecule has 0 aliphatic rings. The van der Waals surface area contributed by atoms with Crippen LogP contribution in [0.2, 0.25) is 0 Å². The smallest absolute Gasteiger partial charge is 0.225 e. The highest BCUT2D eigenvalue weighted by Gasteiger charge is 2.15. The number of halogens is 1. The van der Waals surface area contributed by atoms with Crippen LogP contribution in [0.3, 0.4) is 0 Å². The number of anilines is 1. The van der Waals surface area contributed by atoms with E-state index in [0.717, 1.165) is 18.5 Å². The van der Waals surface area contributed by atoms with E-state index in [1.807, 2.05) is 12.1 Å². The van der Waals surface area contributed by atoms with Gasteiger partial charge in [-0.1, -0.05) is 11.3 Å². The van der Waals surface area contributed by atoms with E-state index in [1.165, 1.54) is 10.6 Å². The second kappa shape index (κ2) is 6.68. The van der Waals surface area contributed by atoms with Crippen molar-refractivity contribution >= 4 is 17.2 Å². The van der Waals surface area contributed by atoms with E-state index in [0.29, 0.717) is 5.82 Å². The van der Waals surface area contributed by atoms with Gasteiger partial charge < -0.3 is 23.2 Å². The maximum atomic E-state index is 8.95. The minimum absolute atomic E-state index is 0. The van der Waals surface area contributed by atoms with Crippen molar-refractivity contribution in [3.8, 4) is 0 Å². The van der Waals surface area contributed by atoms with Gasteiger partial charge in [0.25, 0.3) is 0 Å². The van der Waals surface area contributed by atoms with E-state index in [4.69, 9.17) is 10.8 Å². The highest BCUT2D eigenvalue weighted by molar-refractivity contribution is 7.09. The monoisotopic (exact) mass is 285 g/mol. The van der Waals surface area contributed by atoms with E-state index in [2.05, 4.69) is 22.0 Å². The third-order valence-corrected chi connectivity index (χ3v) is 3.84. The van der Waals surface area contributed by atoms with Crippen LogP contribution in [0.25, 0.3) is 0 Å². The molecule has 0 saturated carbocycles. The van der Waals surface area contributed by atoms with Crippen molar-refractivity contribution in [1.82, 2.24) is 4.98 Å². The number of nitrogen functional groups attached to an aromatic ring is 1. The number of aliphatic hydroxyl groups is 1. The van der Waals surface area contributed by atoms with Gasteiger partial charge >= 0.3 is 0 Å². The van der Waals surface area contributed by atoms with Crippen LogP contribution in [0, 0.1) is 6.92 Å². The average Bonchev–Trinajstić information content (AvgIpc) is 2.65. The van der Waals surface area contributed by atoms with Gasteiger partial charge in [0.15, 0.2) is 12.2 Å². The van der Waals surface area contributed by atoms with Crippen molar-refractivity contribution in [3.05, 3.63) is 40.0 Å². The molecule has 18 heavy (non-hydrogen) atoms. The number of hydrogen-bond acceptors (Lipinski definition) is 4. The standard InChI is InChI=1S/C12H16N3OS.ClH/c1-9-11(4-5-16)17-8-15(9)7-10-2-3-12(13)14-6-10;/h2-3,6,8,16H,4-5,7H2,1H3,(H2,13,14);1H/q+1;/p-1. The second-order valence-electron chi connectivity index (χ2n) is 3.92. The first-order chi connectivity index (χ1) is 8.20. The van der Waals surface area contributed by atoms with Gasteiger partial charge in [-0.25, -0.2) is 4.98 Å². The molecule has 0 bridgehead atoms. The van der Waals surface area contributed by atoms with Crippen molar-refractivity contribution in [3.63, 3.8) is 0 Å². The van der Waals surface area contributed by atoms with Crippen LogP contribution in [0.1, 0.15) is 16.1 Å². The molecule has 0 aliphatic heterocycles. The maximum absolute atomic E-state index is 8.95. The maximum Gasteiger partial charge on any atom is 0.225 e. The summed E-state index contributed by atoms with van der Waals surface area (Å²) >= 11 is 1.68. The zero-order chi connectivity index (χ0) is 12.3. The lowest BCUT2D eigenvalue weighted by Crippen LogP contribution is -3.00. The SMILES string of the molecule is Cc1c(CCO)sc[n+]1Cc1ccc(N)nc1.[Cl-]. The molecule has 6 heteroatoms. The lowest BCUT2D eigenvalue weighted by atomic mass is 10.2. The van der Waals surface area contributed by atoms with E-state index in [1.54, 1.807) is 17.5 Å². The summed E-state index contributed by atoms with van der Waals surface area (Å²) in [6, 6.07) is 3.80. The van der Waals surface area contributed by atoms with E-state index < -0.39 is 0 Å². The number of rotatable bonds is 4. The highest BCUT2D eigenvalue weighted by atomic mass is 35.5. The summed E-state index contributed by atoms with van der Waals surface area (Å²) < 4.78 is 2.17. The number of thiazole rings is 1. The molecule has 98 valence electrons. The summed E-state index contributed by atoms with van der Waals surface area (Å²) in [4.78, 5) is 5.31. The Labute approximate surface area is 117 Å². The summed E-state index contributed by atoms with van der Waals surface area (Å²) in [5.41, 5.74) is 9.96. The van der Waals surface area contributed by atoms with Gasteiger partial charge in [0, 0.05) is 31.7 Å². The number of pyridine rings is 1. The molecule has 0 fully saturated rings. The number of hydrogen-bond donors (Lipinski definition) is 2. The Hall–Kier alpha value is -1.17. The van der Waals surface area contributed by atoms with Gasteiger partial charge in [-0.05, 0) is 12.1 Å². The Kier molecular flexibility index (Phi) is 5.53. The lowest BCUT2D eigenvalue weighted by Gasteiger charge is -1.98. The highest BCUT2D eigenvalue weighted by Crippen LogP contribution is 2.12. The molecule has 2 heterocycles. The van der Waals surface area contributed by atoms with E-state index in [9.17, 15) is 0 Å². The second-order valence-corrected chi connectivity index (χ2v) is 4.86. The predicted molar refractivity (Wildman–Crippen MR) is 67.8 cm³/mol. The topological polar surface area (TPSA) is 63.0 Å². The fourth-order valence-corrected chi connectivity index (χ4v) is 2.66. The molecule has 2 rings (SSSR count). The first-order valence-corrected chi connectivity index (χ1v) is 6.36. The van der Waals surface area contributed by atoms with Gasteiger partial charge in [0.05, 0.1) is 4.88 Å². The first kappa shape index (κ1) is 14.9. The molecule has 0 radical (unpaired) electrons. The van der Waals surface area contributed by atoms with Crippen LogP contribution in [-0.2, 0) is 13.0 Å². The molecular formula is C12H16ClN3OS. The zero-order valence-corrected chi connectivity index (χ0v) is 11.7. The molecule has 4 nitrogen and oxygen atoms in total. The largest absolute Gasteiger partial charge is 1.00 e. The Balaban J connectivity index is 0.00000162. The number of aliphatic hydroxyl groups excluding tert-OH is 1. The predicted octanol–water partition coefficient (Wildman–Crippen LogP) is -2.09. The van der Waals surface area contributed by atoms with Crippen molar-refractivity contribution in [2.24, 2.45) is 0 Å². The van der Waals surface area contributed by atoms with Crippen molar-refractivity contribution in [2.75, 3.05) is 12.3 Å². The molecule has 0 aromatic carbocycles. The van der Waals surface area contributed by atoms with Crippen molar-refractivity contribution in [1.29, 1.82) is 0 Å². The van der Waals surface area contributed by atoms with Crippen LogP contribution in [0.4, 0.5) is 5.82 Å². The molecule has 0 amide bonds. The van der Waals surface area contributed by atoms with E-state index >= 15 is 0 Å². The van der Waals surface area contributed by atoms with Gasteiger partial charge in [0.1, 0.15) is 5.82 Å². The van der Waals surface area contributed by atoms with Crippen LogP contribution in [0.5, 0.6) is 0 Å². The number of nitrogens with zero attached hydrogens (tertiary/aromatic N) is 2. The van der Waals surface area contributed by atoms with Crippen LogP contribution < -0.4 is 22.7 Å². The zero-order valence-electron chi connectivity index (χ0n) is 10.1. The van der Waals surface area contributed by atoms with E-state index in [-0.39, 0.29) is 19.0 Å². The Morgan fingerprint density at radius 3 is 2.83 bits per heavy atom. The molecule has 2 aromatic rings. The number of nitrogens with two attached hydrogens (primary N) is 1. The molecule has 0 unspecified atom stereocenters. The third-order valence-electron chi connectivity index (χ3n) is 2.70. The molecule has 3 N–H and O–H groups in total. The quantitative estimate of drug-likeness (QED) is 0.633. The van der Waals surface area contributed by atoms with Crippen molar-refractivity contribution in [2.45, 2.75) is 19.9 Å². The van der Waals surface area contributed by atoms with Gasteiger partial charge in [-0.15, -0.1) is 0 Å². The molecule has 0 atom stereocenters. The van der Waals surface area contributed by atoms with Gasteiger partial charge in [-0.3, -0.25) is 0 Å². The Bertz CT molecular complexity index is 499. The summed E-state index contributed by atoms with van der Waals surface area (Å²) in [6.07, 6.45) is 2.52. The molecule has 2 aromatic heterocycles. The molecular weight excluding hydrogens is 270 g/mol. The lowest BCUT2D eigenvalue weighted by molar-refractivity contribution is -0.689. The Morgan fingerprint density at radius 1 is 1.44 bits per heavy atom. The van der Waals surface area contributed by atoms with Gasteiger partial charge in [0.2, 0.25) is 5.51 Å². The average molecular weight is 286 g/mol. The summed E-state index contributed by atoms with van der Waals surface area (Å²) in [5.74, 6) is 0.543. The Morgan fingerprint density at radius 2 is 2.22 bits per heavy atom. The fraction of sp³-hybridized carbons (Fsp3) is 0.333. The minimum atomic E-state index is 0. The fourth-order valence-electron chi connectivity index (χ4n) is 1.68. The van der Waals surface area contributed by atoms with Crippen LogP contribution in [-0.4, -0.2) is 16.7 Å². The van der Waals surface area contributed by atoms with Crippen LogP contribution >= 0.6 is 11.3 Å². The summed E-state index contributed by atoms with van der Waals surface area (Å²) in [6.45, 7) is 3.07. The molecule has 0 spiro atoms. The minimum Gasteiger partial charge on any atom is -1.00 e. The van der Waals surface area contributed by atoms with Crippen molar-refractivity contribution < 1.29 is 22.1 Å². The third kappa shape index (κ3) is 3.41. The molecule has 0 aliphatic carbocycles.